The van der Waals surface area contributed by atoms with Crippen molar-refractivity contribution in [1.82, 2.24) is 0 Å². The van der Waals surface area contributed by atoms with Crippen LogP contribution in [-0.4, -0.2) is 13.7 Å². The molecular formula is C16H23NO. The second-order valence-corrected chi connectivity index (χ2v) is 5.92. The van der Waals surface area contributed by atoms with Gasteiger partial charge in [-0.25, -0.2) is 0 Å². The van der Waals surface area contributed by atoms with Crippen LogP contribution in [0.5, 0.6) is 5.75 Å². The van der Waals surface area contributed by atoms with Crippen molar-refractivity contribution in [2.75, 3.05) is 13.7 Å². The SMILES string of the molecule is COc1cc(C)c2c(c1C1(CN)CC1)CCCC2. The quantitative estimate of drug-likeness (QED) is 0.888. The van der Waals surface area contributed by atoms with Crippen LogP contribution < -0.4 is 10.5 Å². The van der Waals surface area contributed by atoms with Crippen molar-refractivity contribution >= 4 is 0 Å². The highest BCUT2D eigenvalue weighted by Gasteiger charge is 2.47. The van der Waals surface area contributed by atoms with Crippen LogP contribution in [0, 0.1) is 6.92 Å². The zero-order valence-corrected chi connectivity index (χ0v) is 11.5. The zero-order chi connectivity index (χ0) is 12.8. The summed E-state index contributed by atoms with van der Waals surface area (Å²) in [6, 6.07) is 2.23. The molecule has 0 spiro atoms. The standard InChI is InChI=1S/C16H23NO/c1-11-9-14(18-2)15(16(10-17)7-8-16)13-6-4-3-5-12(11)13/h9H,3-8,10,17H2,1-2H3. The molecule has 0 aliphatic heterocycles. The highest BCUT2D eigenvalue weighted by Crippen LogP contribution is 2.53. The van der Waals surface area contributed by atoms with E-state index < -0.39 is 0 Å². The van der Waals surface area contributed by atoms with Crippen molar-refractivity contribution in [1.29, 1.82) is 0 Å². The molecule has 2 N–H and O–H groups in total. The normalized spacial score (nSPS) is 20.4. The van der Waals surface area contributed by atoms with E-state index in [-0.39, 0.29) is 5.41 Å². The molecular weight excluding hydrogens is 222 g/mol. The van der Waals surface area contributed by atoms with Gasteiger partial charge in [-0.15, -0.1) is 0 Å². The summed E-state index contributed by atoms with van der Waals surface area (Å²) in [6.45, 7) is 2.98. The van der Waals surface area contributed by atoms with Crippen molar-refractivity contribution in [2.24, 2.45) is 5.73 Å². The number of benzene rings is 1. The molecule has 2 heteroatoms. The second-order valence-electron chi connectivity index (χ2n) is 5.92. The minimum atomic E-state index is 0.237. The van der Waals surface area contributed by atoms with Gasteiger partial charge in [0.1, 0.15) is 5.75 Å². The minimum absolute atomic E-state index is 0.237. The van der Waals surface area contributed by atoms with E-state index >= 15 is 0 Å². The maximum atomic E-state index is 6.04. The monoisotopic (exact) mass is 245 g/mol. The first-order chi connectivity index (χ1) is 8.72. The summed E-state index contributed by atoms with van der Waals surface area (Å²) >= 11 is 0. The molecule has 1 aromatic carbocycles. The average Bonchev–Trinajstić information content (AvgIpc) is 3.19. The van der Waals surface area contributed by atoms with Crippen molar-refractivity contribution in [3.05, 3.63) is 28.3 Å². The van der Waals surface area contributed by atoms with Crippen molar-refractivity contribution < 1.29 is 4.74 Å². The molecule has 0 radical (unpaired) electrons. The Morgan fingerprint density at radius 2 is 1.89 bits per heavy atom. The summed E-state index contributed by atoms with van der Waals surface area (Å²) in [4.78, 5) is 0. The molecule has 1 fully saturated rings. The Kier molecular flexibility index (Phi) is 2.86. The highest BCUT2D eigenvalue weighted by molar-refractivity contribution is 5.56. The van der Waals surface area contributed by atoms with E-state index in [1.165, 1.54) is 49.7 Å². The van der Waals surface area contributed by atoms with Crippen LogP contribution >= 0.6 is 0 Å². The number of hydrogen-bond donors (Lipinski definition) is 1. The van der Waals surface area contributed by atoms with Gasteiger partial charge in [0.05, 0.1) is 7.11 Å². The first kappa shape index (κ1) is 12.0. The molecule has 0 heterocycles. The molecule has 0 amide bonds. The number of nitrogens with two attached hydrogens (primary N) is 1. The Labute approximate surface area is 110 Å². The summed E-state index contributed by atoms with van der Waals surface area (Å²) in [5, 5.41) is 0. The Balaban J connectivity index is 2.21. The van der Waals surface area contributed by atoms with E-state index in [1.54, 1.807) is 18.2 Å². The molecule has 1 aromatic rings. The lowest BCUT2D eigenvalue weighted by Crippen LogP contribution is -2.24. The van der Waals surface area contributed by atoms with Crippen LogP contribution in [0.3, 0.4) is 0 Å². The van der Waals surface area contributed by atoms with E-state index in [0.717, 1.165) is 12.3 Å². The average molecular weight is 245 g/mol. The van der Waals surface area contributed by atoms with Crippen LogP contribution in [0.25, 0.3) is 0 Å². The molecule has 18 heavy (non-hydrogen) atoms. The molecule has 0 unspecified atom stereocenters. The fourth-order valence-electron chi connectivity index (χ4n) is 3.57. The predicted molar refractivity (Wildman–Crippen MR) is 74.3 cm³/mol. The van der Waals surface area contributed by atoms with Crippen molar-refractivity contribution in [3.8, 4) is 5.75 Å². The molecule has 2 aliphatic carbocycles. The minimum Gasteiger partial charge on any atom is -0.496 e. The molecule has 2 nitrogen and oxygen atoms in total. The molecule has 0 saturated heterocycles. The largest absolute Gasteiger partial charge is 0.496 e. The lowest BCUT2D eigenvalue weighted by atomic mass is 9.79. The molecule has 3 rings (SSSR count). The molecule has 0 atom stereocenters. The van der Waals surface area contributed by atoms with Gasteiger partial charge in [0.15, 0.2) is 0 Å². The fraction of sp³-hybridized carbons (Fsp3) is 0.625. The Morgan fingerprint density at radius 1 is 1.22 bits per heavy atom. The Morgan fingerprint density at radius 3 is 2.44 bits per heavy atom. The third kappa shape index (κ3) is 1.66. The first-order valence-electron chi connectivity index (χ1n) is 7.12. The zero-order valence-electron chi connectivity index (χ0n) is 11.5. The number of ether oxygens (including phenoxy) is 1. The Hall–Kier alpha value is -1.02. The third-order valence-corrected chi connectivity index (χ3v) is 4.83. The van der Waals surface area contributed by atoms with Gasteiger partial charge in [0.25, 0.3) is 0 Å². The van der Waals surface area contributed by atoms with Gasteiger partial charge < -0.3 is 10.5 Å². The van der Waals surface area contributed by atoms with E-state index in [4.69, 9.17) is 10.5 Å². The van der Waals surface area contributed by atoms with Gasteiger partial charge in [-0.2, -0.15) is 0 Å². The molecule has 1 saturated carbocycles. The molecule has 0 bridgehead atoms. The lowest BCUT2D eigenvalue weighted by molar-refractivity contribution is 0.401. The number of aryl methyl sites for hydroxylation is 1. The van der Waals surface area contributed by atoms with Gasteiger partial charge in [-0.1, -0.05) is 0 Å². The topological polar surface area (TPSA) is 35.2 Å². The van der Waals surface area contributed by atoms with Gasteiger partial charge in [0, 0.05) is 17.5 Å². The van der Waals surface area contributed by atoms with Crippen LogP contribution in [0.2, 0.25) is 0 Å². The smallest absolute Gasteiger partial charge is 0.123 e. The number of hydrogen-bond acceptors (Lipinski definition) is 2. The summed E-state index contributed by atoms with van der Waals surface area (Å²) in [5.74, 6) is 1.08. The number of rotatable bonds is 3. The van der Waals surface area contributed by atoms with E-state index in [1.807, 2.05) is 0 Å². The van der Waals surface area contributed by atoms with Crippen LogP contribution in [0.4, 0.5) is 0 Å². The van der Waals surface area contributed by atoms with E-state index in [2.05, 4.69) is 13.0 Å². The maximum absolute atomic E-state index is 6.04. The molecule has 0 aromatic heterocycles. The van der Waals surface area contributed by atoms with Crippen molar-refractivity contribution in [2.45, 2.75) is 50.9 Å². The highest BCUT2D eigenvalue weighted by atomic mass is 16.5. The molecule has 2 aliphatic rings. The third-order valence-electron chi connectivity index (χ3n) is 4.83. The summed E-state index contributed by atoms with van der Waals surface area (Å²) in [5.41, 5.74) is 12.3. The summed E-state index contributed by atoms with van der Waals surface area (Å²) < 4.78 is 5.66. The first-order valence-corrected chi connectivity index (χ1v) is 7.12. The van der Waals surface area contributed by atoms with Gasteiger partial charge in [-0.3, -0.25) is 0 Å². The molecule has 98 valence electrons. The van der Waals surface area contributed by atoms with Gasteiger partial charge in [0.2, 0.25) is 0 Å². The fourth-order valence-corrected chi connectivity index (χ4v) is 3.57. The summed E-state index contributed by atoms with van der Waals surface area (Å²) in [7, 11) is 1.79. The van der Waals surface area contributed by atoms with Crippen molar-refractivity contribution in [3.63, 3.8) is 0 Å². The summed E-state index contributed by atoms with van der Waals surface area (Å²) in [6.07, 6.45) is 7.55. The van der Waals surface area contributed by atoms with Gasteiger partial charge in [-0.05, 0) is 68.2 Å². The van der Waals surface area contributed by atoms with Crippen LogP contribution in [-0.2, 0) is 18.3 Å². The maximum Gasteiger partial charge on any atom is 0.123 e. The number of fused-ring (bicyclic) bond motifs is 1. The number of methoxy groups -OCH3 is 1. The lowest BCUT2D eigenvalue weighted by Gasteiger charge is -2.28. The second kappa shape index (κ2) is 4.27. The van der Waals surface area contributed by atoms with Crippen LogP contribution in [0.1, 0.15) is 47.9 Å². The predicted octanol–water partition coefficient (Wildman–Crippen LogP) is 2.87. The van der Waals surface area contributed by atoms with Gasteiger partial charge >= 0.3 is 0 Å². The van der Waals surface area contributed by atoms with E-state index in [0.29, 0.717) is 0 Å². The Bertz CT molecular complexity index is 474. The van der Waals surface area contributed by atoms with Crippen LogP contribution in [0.15, 0.2) is 6.07 Å². The van der Waals surface area contributed by atoms with E-state index in [9.17, 15) is 0 Å².